The molecule has 0 radical (unpaired) electrons. The molecule has 3 heterocycles. The molecule has 3 aromatic heterocycles. The van der Waals surface area contributed by atoms with E-state index in [4.69, 9.17) is 10.5 Å². The average Bonchev–Trinajstić information content (AvgIpc) is 3.26. The number of benzene rings is 2. The van der Waals surface area contributed by atoms with Crippen LogP contribution in [-0.2, 0) is 4.79 Å². The number of ether oxygens (including phenoxy) is 1. The highest BCUT2D eigenvalue weighted by Crippen LogP contribution is 2.38. The summed E-state index contributed by atoms with van der Waals surface area (Å²) in [5, 5.41) is 11.1. The van der Waals surface area contributed by atoms with Gasteiger partial charge in [-0.25, -0.2) is 19.3 Å². The molecule has 0 unspecified atom stereocenters. The van der Waals surface area contributed by atoms with Crippen LogP contribution in [0.4, 0.5) is 15.9 Å². The Bertz CT molecular complexity index is 1550. The Morgan fingerprint density at radius 2 is 1.89 bits per heavy atom. The maximum absolute atomic E-state index is 15.2. The van der Waals surface area contributed by atoms with Gasteiger partial charge in [-0.2, -0.15) is 0 Å². The molecular formula is C24H17FN8O2. The van der Waals surface area contributed by atoms with Crippen LogP contribution in [0.5, 0.6) is 11.8 Å². The van der Waals surface area contributed by atoms with Crippen molar-refractivity contribution < 1.29 is 13.9 Å². The van der Waals surface area contributed by atoms with Crippen molar-refractivity contribution in [3.8, 4) is 34.1 Å². The van der Waals surface area contributed by atoms with Crippen LogP contribution in [0.1, 0.15) is 0 Å². The van der Waals surface area contributed by atoms with Crippen LogP contribution >= 0.6 is 0 Å². The van der Waals surface area contributed by atoms with Crippen molar-refractivity contribution in [2.45, 2.75) is 0 Å². The van der Waals surface area contributed by atoms with Gasteiger partial charge in [0, 0.05) is 29.2 Å². The Labute approximate surface area is 197 Å². The fraction of sp³-hybridized carbons (Fsp3) is 0. The fourth-order valence-electron chi connectivity index (χ4n) is 3.49. The van der Waals surface area contributed by atoms with Gasteiger partial charge >= 0.3 is 6.01 Å². The third kappa shape index (κ3) is 4.25. The summed E-state index contributed by atoms with van der Waals surface area (Å²) in [5.74, 6) is -0.348. The third-order valence-electron chi connectivity index (χ3n) is 5.04. The second-order valence-corrected chi connectivity index (χ2v) is 7.25. The minimum atomic E-state index is -0.593. The van der Waals surface area contributed by atoms with Gasteiger partial charge in [-0.15, -0.1) is 14.8 Å². The number of carbonyl (C=O) groups excluding carboxylic acids is 1. The zero-order valence-corrected chi connectivity index (χ0v) is 18.1. The molecule has 0 fully saturated rings. The van der Waals surface area contributed by atoms with Gasteiger partial charge in [-0.3, -0.25) is 4.79 Å². The van der Waals surface area contributed by atoms with E-state index >= 15 is 4.39 Å². The first-order valence-corrected chi connectivity index (χ1v) is 10.3. The highest BCUT2D eigenvalue weighted by molar-refractivity contribution is 5.99. The molecule has 0 bridgehead atoms. The van der Waals surface area contributed by atoms with Crippen molar-refractivity contribution in [3.05, 3.63) is 85.7 Å². The quantitative estimate of drug-likeness (QED) is 0.359. The fourth-order valence-corrected chi connectivity index (χ4v) is 3.49. The maximum Gasteiger partial charge on any atom is 0.321 e. The van der Waals surface area contributed by atoms with Gasteiger partial charge in [0.1, 0.15) is 29.1 Å². The molecule has 0 spiro atoms. The normalized spacial score (nSPS) is 10.8. The predicted octanol–water partition coefficient (Wildman–Crippen LogP) is 3.89. The van der Waals surface area contributed by atoms with Gasteiger partial charge in [0.25, 0.3) is 0 Å². The highest BCUT2D eigenvalue weighted by atomic mass is 19.1. The molecular weight excluding hydrogens is 451 g/mol. The number of halogens is 1. The van der Waals surface area contributed by atoms with Gasteiger partial charge in [0.05, 0.1) is 0 Å². The summed E-state index contributed by atoms with van der Waals surface area (Å²) in [6.07, 6.45) is 5.52. The number of nitrogens with one attached hydrogen (secondary N) is 1. The molecule has 35 heavy (non-hydrogen) atoms. The van der Waals surface area contributed by atoms with Gasteiger partial charge in [-0.05, 0) is 48.0 Å². The molecule has 172 valence electrons. The zero-order chi connectivity index (χ0) is 24.4. The number of anilines is 2. The Morgan fingerprint density at radius 3 is 2.60 bits per heavy atom. The van der Waals surface area contributed by atoms with Crippen molar-refractivity contribution in [2.75, 3.05) is 11.1 Å². The monoisotopic (exact) mass is 468 g/mol. The lowest BCUT2D eigenvalue weighted by atomic mass is 9.99. The van der Waals surface area contributed by atoms with E-state index in [1.807, 2.05) is 0 Å². The van der Waals surface area contributed by atoms with Crippen LogP contribution in [0, 0.1) is 5.82 Å². The first-order chi connectivity index (χ1) is 17.0. The van der Waals surface area contributed by atoms with E-state index in [0.717, 1.165) is 6.08 Å². The smallest absolute Gasteiger partial charge is 0.321 e. The summed E-state index contributed by atoms with van der Waals surface area (Å²) < 4.78 is 22.2. The molecule has 0 saturated heterocycles. The first kappa shape index (κ1) is 21.6. The minimum Gasteiger partial charge on any atom is -0.424 e. The number of nitrogens with two attached hydrogens (primary N) is 1. The predicted molar refractivity (Wildman–Crippen MR) is 127 cm³/mol. The first-order valence-electron chi connectivity index (χ1n) is 10.3. The maximum atomic E-state index is 15.2. The lowest BCUT2D eigenvalue weighted by Gasteiger charge is -2.09. The number of amides is 1. The van der Waals surface area contributed by atoms with Crippen molar-refractivity contribution in [2.24, 2.45) is 0 Å². The molecule has 2 aromatic carbocycles. The summed E-state index contributed by atoms with van der Waals surface area (Å²) in [5.41, 5.74) is 8.56. The van der Waals surface area contributed by atoms with E-state index < -0.39 is 11.7 Å². The summed E-state index contributed by atoms with van der Waals surface area (Å²) in [6, 6.07) is 13.2. The Morgan fingerprint density at radius 1 is 1.11 bits per heavy atom. The molecule has 0 aliphatic heterocycles. The van der Waals surface area contributed by atoms with Crippen molar-refractivity contribution >= 4 is 22.9 Å². The molecule has 1 amide bonds. The number of fused-ring (bicyclic) bond motifs is 1. The summed E-state index contributed by atoms with van der Waals surface area (Å²) >= 11 is 0. The minimum absolute atomic E-state index is 0.182. The number of aromatic nitrogens is 6. The Balaban J connectivity index is 1.59. The topological polar surface area (TPSA) is 133 Å². The van der Waals surface area contributed by atoms with Crippen molar-refractivity contribution in [1.29, 1.82) is 0 Å². The van der Waals surface area contributed by atoms with E-state index in [1.165, 1.54) is 23.1 Å². The molecule has 3 N–H and O–H groups in total. The van der Waals surface area contributed by atoms with E-state index in [0.29, 0.717) is 28.1 Å². The summed E-state index contributed by atoms with van der Waals surface area (Å²) in [4.78, 5) is 23.7. The number of nitrogens with zero attached hydrogens (tertiary/aromatic N) is 6. The molecule has 0 saturated carbocycles. The van der Waals surface area contributed by atoms with E-state index in [-0.39, 0.29) is 23.1 Å². The number of nitrogen functional groups attached to an aromatic ring is 1. The van der Waals surface area contributed by atoms with Gasteiger partial charge in [0.15, 0.2) is 5.82 Å². The number of hydrogen-bond acceptors (Lipinski definition) is 8. The number of carbonyl (C=O) groups is 1. The van der Waals surface area contributed by atoms with Crippen LogP contribution in [-0.4, -0.2) is 35.7 Å². The molecule has 5 aromatic rings. The van der Waals surface area contributed by atoms with E-state index in [9.17, 15) is 4.79 Å². The highest BCUT2D eigenvalue weighted by Gasteiger charge is 2.22. The molecule has 0 aliphatic carbocycles. The molecule has 0 atom stereocenters. The summed E-state index contributed by atoms with van der Waals surface area (Å²) in [7, 11) is 0. The lowest BCUT2D eigenvalue weighted by molar-refractivity contribution is -0.111. The van der Waals surface area contributed by atoms with Gasteiger partial charge in [0.2, 0.25) is 5.91 Å². The van der Waals surface area contributed by atoms with Crippen LogP contribution in [0.15, 0.2) is 79.9 Å². The van der Waals surface area contributed by atoms with E-state index in [2.05, 4.69) is 37.0 Å². The standard InChI is InChI=1S/C24H17FN8O2/c1-2-19(34)31-15-6-9-17(18(25)12-15)21-20(22-23(26)29-13-30-33(22)32-21)14-4-7-16(8-5-14)35-24-27-10-3-11-28-24/h2-13H,1H2,(H,31,34)(H2,26,29,30). The second kappa shape index (κ2) is 8.98. The van der Waals surface area contributed by atoms with Crippen LogP contribution in [0.25, 0.3) is 27.9 Å². The number of rotatable bonds is 6. The third-order valence-corrected chi connectivity index (χ3v) is 5.04. The molecule has 11 heteroatoms. The SMILES string of the molecule is C=CC(=O)Nc1ccc(-c2nn3ncnc(N)c3c2-c2ccc(Oc3ncccn3)cc2)c(F)c1. The zero-order valence-electron chi connectivity index (χ0n) is 18.1. The van der Waals surface area contributed by atoms with Gasteiger partial charge in [-0.1, -0.05) is 18.7 Å². The Kier molecular flexibility index (Phi) is 5.55. The second-order valence-electron chi connectivity index (χ2n) is 7.25. The van der Waals surface area contributed by atoms with Crippen LogP contribution in [0.3, 0.4) is 0 Å². The van der Waals surface area contributed by atoms with Crippen molar-refractivity contribution in [1.82, 2.24) is 29.8 Å². The molecule has 10 nitrogen and oxygen atoms in total. The van der Waals surface area contributed by atoms with Crippen molar-refractivity contribution in [3.63, 3.8) is 0 Å². The lowest BCUT2D eigenvalue weighted by Crippen LogP contribution is -2.07. The molecule has 0 aliphatic rings. The largest absolute Gasteiger partial charge is 0.424 e. The Hall–Kier alpha value is -5.19. The summed E-state index contributed by atoms with van der Waals surface area (Å²) in [6.45, 7) is 3.39. The average molecular weight is 468 g/mol. The van der Waals surface area contributed by atoms with Crippen LogP contribution < -0.4 is 15.8 Å². The van der Waals surface area contributed by atoms with Crippen LogP contribution in [0.2, 0.25) is 0 Å². The number of hydrogen-bond donors (Lipinski definition) is 2. The molecule has 5 rings (SSSR count). The van der Waals surface area contributed by atoms with Gasteiger partial charge < -0.3 is 15.8 Å². The van der Waals surface area contributed by atoms with E-state index in [1.54, 1.807) is 48.8 Å².